The quantitative estimate of drug-likeness (QED) is 0.563. The molecule has 4 heteroatoms. The van der Waals surface area contributed by atoms with Crippen molar-refractivity contribution < 1.29 is 5.11 Å². The molecule has 0 bridgehead atoms. The third-order valence-electron chi connectivity index (χ3n) is 3.16. The van der Waals surface area contributed by atoms with Crippen molar-refractivity contribution in [3.63, 3.8) is 0 Å². The van der Waals surface area contributed by atoms with Gasteiger partial charge in [0.05, 0.1) is 6.61 Å². The van der Waals surface area contributed by atoms with E-state index in [0.29, 0.717) is 0 Å². The molecule has 1 unspecified atom stereocenters. The molecule has 0 aromatic heterocycles. The molecule has 0 amide bonds. The van der Waals surface area contributed by atoms with Gasteiger partial charge in [-0.15, -0.1) is 11.8 Å². The van der Waals surface area contributed by atoms with Gasteiger partial charge in [0, 0.05) is 14.9 Å². The van der Waals surface area contributed by atoms with Gasteiger partial charge in [-0.3, -0.25) is 0 Å². The highest BCUT2D eigenvalue weighted by molar-refractivity contribution is 9.10. The first-order valence-electron chi connectivity index (χ1n) is 6.28. The van der Waals surface area contributed by atoms with E-state index in [4.69, 9.17) is 0 Å². The zero-order chi connectivity index (χ0) is 13.4. The molecular formula is C14H22BrNOS. The van der Waals surface area contributed by atoms with Crippen LogP contribution < -0.4 is 5.32 Å². The van der Waals surface area contributed by atoms with Gasteiger partial charge >= 0.3 is 0 Å². The number of hydrogen-bond acceptors (Lipinski definition) is 3. The van der Waals surface area contributed by atoms with Crippen LogP contribution in [0.4, 0.5) is 0 Å². The maximum absolute atomic E-state index is 9.27. The van der Waals surface area contributed by atoms with Gasteiger partial charge in [0.25, 0.3) is 0 Å². The highest BCUT2D eigenvalue weighted by Gasteiger charge is 2.19. The molecule has 0 aliphatic rings. The average Bonchev–Trinajstić information content (AvgIpc) is 2.40. The van der Waals surface area contributed by atoms with Crippen LogP contribution in [0, 0.1) is 0 Å². The number of hydrogen-bond donors (Lipinski definition) is 2. The fourth-order valence-electron chi connectivity index (χ4n) is 1.62. The van der Waals surface area contributed by atoms with Gasteiger partial charge in [-0.1, -0.05) is 22.4 Å². The molecule has 1 atom stereocenters. The third-order valence-corrected chi connectivity index (χ3v) is 4.78. The summed E-state index contributed by atoms with van der Waals surface area (Å²) in [6.07, 6.45) is 3.33. The Morgan fingerprint density at radius 1 is 1.28 bits per heavy atom. The van der Waals surface area contributed by atoms with E-state index in [0.717, 1.165) is 23.1 Å². The van der Waals surface area contributed by atoms with E-state index in [-0.39, 0.29) is 12.1 Å². The summed E-state index contributed by atoms with van der Waals surface area (Å²) < 4.78 is 1.12. The number of rotatable bonds is 8. The van der Waals surface area contributed by atoms with Crippen LogP contribution in [-0.4, -0.2) is 30.1 Å². The monoisotopic (exact) mass is 331 g/mol. The summed E-state index contributed by atoms with van der Waals surface area (Å²) >= 11 is 5.33. The third kappa shape index (κ3) is 5.74. The standard InChI is InChI=1S/C14H22BrNOS/c1-14(11-17,16-2)9-3-4-10-18-13-7-5-12(15)6-8-13/h5-8,16-17H,3-4,9-11H2,1-2H3. The fourth-order valence-corrected chi connectivity index (χ4v) is 2.80. The summed E-state index contributed by atoms with van der Waals surface area (Å²) in [6, 6.07) is 8.43. The SMILES string of the molecule is CNC(C)(CO)CCCCSc1ccc(Br)cc1. The van der Waals surface area contributed by atoms with Crippen LogP contribution in [-0.2, 0) is 0 Å². The number of thioether (sulfide) groups is 1. The molecule has 1 rings (SSSR count). The van der Waals surface area contributed by atoms with Crippen molar-refractivity contribution in [2.24, 2.45) is 0 Å². The highest BCUT2D eigenvalue weighted by atomic mass is 79.9. The summed E-state index contributed by atoms with van der Waals surface area (Å²) in [6.45, 7) is 2.26. The number of nitrogens with one attached hydrogen (secondary N) is 1. The lowest BCUT2D eigenvalue weighted by Crippen LogP contribution is -2.43. The smallest absolute Gasteiger partial charge is 0.0610 e. The molecule has 0 radical (unpaired) electrons. The molecule has 2 nitrogen and oxygen atoms in total. The summed E-state index contributed by atoms with van der Waals surface area (Å²) in [5.74, 6) is 1.13. The number of benzene rings is 1. The van der Waals surface area contributed by atoms with Gasteiger partial charge in [0.2, 0.25) is 0 Å². The maximum atomic E-state index is 9.27. The van der Waals surface area contributed by atoms with Crippen molar-refractivity contribution in [3.05, 3.63) is 28.7 Å². The number of unbranched alkanes of at least 4 members (excludes halogenated alkanes) is 1. The lowest BCUT2D eigenvalue weighted by Gasteiger charge is -2.26. The zero-order valence-corrected chi connectivity index (χ0v) is 13.5. The minimum absolute atomic E-state index is 0.123. The predicted octanol–water partition coefficient (Wildman–Crippen LogP) is 3.68. The summed E-state index contributed by atoms with van der Waals surface area (Å²) in [7, 11) is 1.91. The van der Waals surface area contributed by atoms with Crippen LogP contribution in [0.15, 0.2) is 33.6 Å². The average molecular weight is 332 g/mol. The van der Waals surface area contributed by atoms with Gasteiger partial charge in [0.1, 0.15) is 0 Å². The van der Waals surface area contributed by atoms with Gasteiger partial charge in [-0.2, -0.15) is 0 Å². The minimum atomic E-state index is -0.123. The molecule has 18 heavy (non-hydrogen) atoms. The van der Waals surface area contributed by atoms with Crippen LogP contribution in [0.3, 0.4) is 0 Å². The van der Waals surface area contributed by atoms with E-state index >= 15 is 0 Å². The lowest BCUT2D eigenvalue weighted by molar-refractivity contribution is 0.171. The first-order valence-corrected chi connectivity index (χ1v) is 8.06. The zero-order valence-electron chi connectivity index (χ0n) is 11.1. The van der Waals surface area contributed by atoms with Gasteiger partial charge in [-0.05, 0) is 56.8 Å². The molecular weight excluding hydrogens is 310 g/mol. The largest absolute Gasteiger partial charge is 0.394 e. The second-order valence-electron chi connectivity index (χ2n) is 4.73. The lowest BCUT2D eigenvalue weighted by atomic mass is 9.96. The first-order chi connectivity index (χ1) is 8.59. The molecule has 0 saturated carbocycles. The Morgan fingerprint density at radius 3 is 2.50 bits per heavy atom. The van der Waals surface area contributed by atoms with Gasteiger partial charge in [-0.25, -0.2) is 0 Å². The second-order valence-corrected chi connectivity index (χ2v) is 6.81. The van der Waals surface area contributed by atoms with Crippen molar-refractivity contribution in [2.75, 3.05) is 19.4 Å². The Kier molecular flexibility index (Phi) is 7.30. The molecule has 102 valence electrons. The number of halogens is 1. The molecule has 0 heterocycles. The highest BCUT2D eigenvalue weighted by Crippen LogP contribution is 2.22. The fraction of sp³-hybridized carbons (Fsp3) is 0.571. The number of aliphatic hydroxyl groups excluding tert-OH is 1. The Labute approximate surface area is 123 Å². The van der Waals surface area contributed by atoms with Crippen LogP contribution in [0.2, 0.25) is 0 Å². The first kappa shape index (κ1) is 16.0. The molecule has 0 saturated heterocycles. The van der Waals surface area contributed by atoms with E-state index in [1.54, 1.807) is 0 Å². The molecule has 0 fully saturated rings. The molecule has 1 aromatic rings. The predicted molar refractivity (Wildman–Crippen MR) is 83.3 cm³/mol. The van der Waals surface area contributed by atoms with Gasteiger partial charge in [0.15, 0.2) is 0 Å². The number of likely N-dealkylation sites (N-methyl/N-ethyl adjacent to an activating group) is 1. The van der Waals surface area contributed by atoms with Crippen molar-refractivity contribution in [3.8, 4) is 0 Å². The summed E-state index contributed by atoms with van der Waals surface area (Å²) in [5.41, 5.74) is -0.123. The van der Waals surface area contributed by atoms with E-state index in [1.165, 1.54) is 11.3 Å². The summed E-state index contributed by atoms with van der Waals surface area (Å²) in [4.78, 5) is 1.32. The number of aliphatic hydroxyl groups is 1. The Morgan fingerprint density at radius 2 is 1.94 bits per heavy atom. The molecule has 1 aromatic carbocycles. The van der Waals surface area contributed by atoms with Crippen molar-refractivity contribution in [1.82, 2.24) is 5.32 Å². The van der Waals surface area contributed by atoms with Crippen LogP contribution in [0.25, 0.3) is 0 Å². The second kappa shape index (κ2) is 8.20. The van der Waals surface area contributed by atoms with Crippen molar-refractivity contribution >= 4 is 27.7 Å². The maximum Gasteiger partial charge on any atom is 0.0610 e. The van der Waals surface area contributed by atoms with Crippen molar-refractivity contribution in [1.29, 1.82) is 0 Å². The van der Waals surface area contributed by atoms with Gasteiger partial charge < -0.3 is 10.4 Å². The molecule has 2 N–H and O–H groups in total. The van der Waals surface area contributed by atoms with Crippen LogP contribution in [0.5, 0.6) is 0 Å². The van der Waals surface area contributed by atoms with Crippen molar-refractivity contribution in [2.45, 2.75) is 36.6 Å². The Hall–Kier alpha value is -0.0300. The minimum Gasteiger partial charge on any atom is -0.394 e. The Balaban J connectivity index is 2.17. The normalized spacial score (nSPS) is 14.4. The van der Waals surface area contributed by atoms with E-state index < -0.39 is 0 Å². The molecule has 0 spiro atoms. The van der Waals surface area contributed by atoms with E-state index in [9.17, 15) is 5.11 Å². The topological polar surface area (TPSA) is 32.3 Å². The van der Waals surface area contributed by atoms with Crippen LogP contribution >= 0.6 is 27.7 Å². The molecule has 0 aliphatic carbocycles. The summed E-state index contributed by atoms with van der Waals surface area (Å²) in [5, 5.41) is 12.5. The van der Waals surface area contributed by atoms with Crippen LogP contribution in [0.1, 0.15) is 26.2 Å². The van der Waals surface area contributed by atoms with E-state index in [2.05, 4.69) is 52.4 Å². The Bertz CT molecular complexity index is 338. The van der Waals surface area contributed by atoms with E-state index in [1.807, 2.05) is 18.8 Å². The molecule has 0 aliphatic heterocycles.